The summed E-state index contributed by atoms with van der Waals surface area (Å²) in [4.78, 5) is 22.7. The summed E-state index contributed by atoms with van der Waals surface area (Å²) in [5.74, 6) is -0.373. The van der Waals surface area contributed by atoms with Gasteiger partial charge in [0.2, 0.25) is 0 Å². The molecule has 19 heavy (non-hydrogen) atoms. The van der Waals surface area contributed by atoms with Gasteiger partial charge in [0.05, 0.1) is 0 Å². The normalized spacial score (nSPS) is 18.1. The molecular weight excluding hydrogens is 240 g/mol. The van der Waals surface area contributed by atoms with Gasteiger partial charge in [-0.05, 0) is 29.0 Å². The number of allylic oxidation sites excluding steroid dienone is 1. The van der Waals surface area contributed by atoms with Crippen LogP contribution >= 0.6 is 0 Å². The lowest BCUT2D eigenvalue weighted by Gasteiger charge is -2.19. The minimum atomic E-state index is -0.467. The van der Waals surface area contributed by atoms with Crippen molar-refractivity contribution in [1.82, 2.24) is 10.6 Å². The van der Waals surface area contributed by atoms with E-state index in [-0.39, 0.29) is 11.3 Å². The van der Waals surface area contributed by atoms with Crippen LogP contribution in [-0.4, -0.2) is 11.9 Å². The number of urea groups is 1. The van der Waals surface area contributed by atoms with Gasteiger partial charge in [-0.1, -0.05) is 45.0 Å². The zero-order chi connectivity index (χ0) is 14.2. The Morgan fingerprint density at radius 1 is 1.00 bits per heavy atom. The van der Waals surface area contributed by atoms with E-state index in [1.807, 2.05) is 31.2 Å². The minimum absolute atomic E-state index is 0.0958. The lowest BCUT2D eigenvalue weighted by molar-refractivity contribution is -0.115. The lowest BCUT2D eigenvalue weighted by Crippen LogP contribution is -2.22. The average molecular weight is 258 g/mol. The van der Waals surface area contributed by atoms with Crippen LogP contribution in [-0.2, 0) is 10.2 Å². The Morgan fingerprint density at radius 3 is 2.00 bits per heavy atom. The number of hydrogen-bond donors (Lipinski definition) is 2. The fourth-order valence-corrected chi connectivity index (χ4v) is 2.00. The van der Waals surface area contributed by atoms with E-state index in [0.29, 0.717) is 5.70 Å². The second kappa shape index (κ2) is 4.53. The van der Waals surface area contributed by atoms with E-state index in [2.05, 4.69) is 31.4 Å². The highest BCUT2D eigenvalue weighted by Crippen LogP contribution is 2.25. The van der Waals surface area contributed by atoms with Gasteiger partial charge in [-0.2, -0.15) is 0 Å². The molecule has 4 heteroatoms. The average Bonchev–Trinajstić information content (AvgIpc) is 2.66. The SMILES string of the molecule is C/C(=C1/NC(=O)NC1=O)c1ccc(C(C)(C)C)cc1. The molecule has 0 unspecified atom stereocenters. The molecule has 4 nitrogen and oxygen atoms in total. The van der Waals surface area contributed by atoms with Gasteiger partial charge in [0.1, 0.15) is 5.70 Å². The van der Waals surface area contributed by atoms with E-state index in [1.165, 1.54) is 5.56 Å². The number of benzene rings is 1. The van der Waals surface area contributed by atoms with E-state index in [1.54, 1.807) is 0 Å². The van der Waals surface area contributed by atoms with Crippen molar-refractivity contribution in [3.05, 3.63) is 41.1 Å². The molecule has 1 aromatic rings. The van der Waals surface area contributed by atoms with E-state index >= 15 is 0 Å². The van der Waals surface area contributed by atoms with Crippen LogP contribution in [0.5, 0.6) is 0 Å². The first-order valence-corrected chi connectivity index (χ1v) is 6.23. The molecule has 2 N–H and O–H groups in total. The van der Waals surface area contributed by atoms with Crippen LogP contribution in [0, 0.1) is 0 Å². The van der Waals surface area contributed by atoms with Gasteiger partial charge in [-0.15, -0.1) is 0 Å². The maximum absolute atomic E-state index is 11.6. The second-order valence-electron chi connectivity index (χ2n) is 5.74. The third-order valence-corrected chi connectivity index (χ3v) is 3.25. The Balaban J connectivity index is 2.35. The van der Waals surface area contributed by atoms with E-state index in [4.69, 9.17) is 0 Å². The maximum atomic E-state index is 11.6. The fourth-order valence-electron chi connectivity index (χ4n) is 2.00. The molecule has 1 aliphatic heterocycles. The first-order valence-electron chi connectivity index (χ1n) is 6.23. The Labute approximate surface area is 112 Å². The van der Waals surface area contributed by atoms with Crippen molar-refractivity contribution in [3.63, 3.8) is 0 Å². The van der Waals surface area contributed by atoms with Crippen LogP contribution in [0.15, 0.2) is 30.0 Å². The van der Waals surface area contributed by atoms with E-state index < -0.39 is 6.03 Å². The predicted molar refractivity (Wildman–Crippen MR) is 74.4 cm³/mol. The van der Waals surface area contributed by atoms with Crippen LogP contribution in [0.25, 0.3) is 5.57 Å². The van der Waals surface area contributed by atoms with Crippen LogP contribution in [0.4, 0.5) is 4.79 Å². The molecule has 0 bridgehead atoms. The molecule has 1 heterocycles. The smallest absolute Gasteiger partial charge is 0.303 e. The molecule has 0 spiro atoms. The molecule has 100 valence electrons. The summed E-state index contributed by atoms with van der Waals surface area (Å²) in [7, 11) is 0. The quantitative estimate of drug-likeness (QED) is 0.601. The topological polar surface area (TPSA) is 58.2 Å². The molecule has 0 aromatic heterocycles. The Morgan fingerprint density at radius 2 is 1.58 bits per heavy atom. The third-order valence-electron chi connectivity index (χ3n) is 3.25. The zero-order valence-electron chi connectivity index (χ0n) is 11.6. The first kappa shape index (κ1) is 13.3. The van der Waals surface area contributed by atoms with Crippen molar-refractivity contribution in [2.45, 2.75) is 33.1 Å². The maximum Gasteiger partial charge on any atom is 0.326 e. The van der Waals surface area contributed by atoms with Crippen LogP contribution < -0.4 is 10.6 Å². The number of amides is 3. The Kier molecular flexibility index (Phi) is 3.18. The molecule has 0 aliphatic carbocycles. The summed E-state index contributed by atoms with van der Waals surface area (Å²) < 4.78 is 0. The lowest BCUT2D eigenvalue weighted by atomic mass is 9.86. The van der Waals surface area contributed by atoms with Crippen LogP contribution in [0.3, 0.4) is 0 Å². The van der Waals surface area contributed by atoms with Gasteiger partial charge in [0.25, 0.3) is 5.91 Å². The number of nitrogens with one attached hydrogen (secondary N) is 2. The molecule has 1 fully saturated rings. The summed E-state index contributed by atoms with van der Waals surface area (Å²) in [6.07, 6.45) is 0. The van der Waals surface area contributed by atoms with Crippen molar-refractivity contribution >= 4 is 17.5 Å². The summed E-state index contributed by atoms with van der Waals surface area (Å²) >= 11 is 0. The molecule has 1 saturated heterocycles. The highest BCUT2D eigenvalue weighted by molar-refractivity contribution is 6.15. The van der Waals surface area contributed by atoms with Gasteiger partial charge in [0, 0.05) is 0 Å². The standard InChI is InChI=1S/C15H18N2O2/c1-9(12-13(18)17-14(19)16-12)10-5-7-11(8-6-10)15(2,3)4/h5-8H,1-4H3,(H2,16,17,18,19)/b12-9-. The number of hydrogen-bond acceptors (Lipinski definition) is 2. The molecule has 1 aromatic carbocycles. The number of rotatable bonds is 1. The van der Waals surface area contributed by atoms with Crippen molar-refractivity contribution in [3.8, 4) is 0 Å². The van der Waals surface area contributed by atoms with Crippen LogP contribution in [0.2, 0.25) is 0 Å². The van der Waals surface area contributed by atoms with Crippen LogP contribution in [0.1, 0.15) is 38.8 Å². The number of imide groups is 1. The van der Waals surface area contributed by atoms with Gasteiger partial charge < -0.3 is 5.32 Å². The molecule has 1 aliphatic rings. The van der Waals surface area contributed by atoms with Gasteiger partial charge in [0.15, 0.2) is 0 Å². The third kappa shape index (κ3) is 2.67. The highest BCUT2D eigenvalue weighted by atomic mass is 16.2. The summed E-state index contributed by atoms with van der Waals surface area (Å²) in [6.45, 7) is 8.28. The van der Waals surface area contributed by atoms with Crippen molar-refractivity contribution < 1.29 is 9.59 Å². The van der Waals surface area contributed by atoms with E-state index in [0.717, 1.165) is 11.1 Å². The minimum Gasteiger partial charge on any atom is -0.303 e. The van der Waals surface area contributed by atoms with Gasteiger partial charge >= 0.3 is 6.03 Å². The molecule has 0 atom stereocenters. The molecule has 3 amide bonds. The number of carbonyl (C=O) groups is 2. The van der Waals surface area contributed by atoms with Crippen molar-refractivity contribution in [2.24, 2.45) is 0 Å². The number of carbonyl (C=O) groups excluding carboxylic acids is 2. The molecule has 0 saturated carbocycles. The largest absolute Gasteiger partial charge is 0.326 e. The van der Waals surface area contributed by atoms with Gasteiger partial charge in [-0.25, -0.2) is 4.79 Å². The summed E-state index contributed by atoms with van der Waals surface area (Å²) in [6, 6.07) is 7.58. The fraction of sp³-hybridized carbons (Fsp3) is 0.333. The Bertz CT molecular complexity index is 563. The predicted octanol–water partition coefficient (Wildman–Crippen LogP) is 2.55. The Hall–Kier alpha value is -2.10. The van der Waals surface area contributed by atoms with Crippen molar-refractivity contribution in [2.75, 3.05) is 0 Å². The summed E-state index contributed by atoms with van der Waals surface area (Å²) in [5, 5.41) is 4.73. The molecule has 2 rings (SSSR count). The monoisotopic (exact) mass is 258 g/mol. The first-order chi connectivity index (χ1) is 8.79. The molecular formula is C15H18N2O2. The summed E-state index contributed by atoms with van der Waals surface area (Å²) in [5.41, 5.74) is 3.35. The van der Waals surface area contributed by atoms with Crippen molar-refractivity contribution in [1.29, 1.82) is 0 Å². The highest BCUT2D eigenvalue weighted by Gasteiger charge is 2.25. The van der Waals surface area contributed by atoms with E-state index in [9.17, 15) is 9.59 Å². The molecule has 0 radical (unpaired) electrons. The van der Waals surface area contributed by atoms with Gasteiger partial charge in [-0.3, -0.25) is 10.1 Å². The zero-order valence-corrected chi connectivity index (χ0v) is 11.6. The second-order valence-corrected chi connectivity index (χ2v) is 5.74.